The van der Waals surface area contributed by atoms with E-state index in [9.17, 15) is 0 Å². The van der Waals surface area contributed by atoms with Crippen LogP contribution in [0, 0.1) is 11.8 Å². The zero-order valence-corrected chi connectivity index (χ0v) is 12.8. The maximum Gasteiger partial charge on any atom is 0.00921 e. The molecule has 0 fully saturated rings. The Morgan fingerprint density at radius 1 is 0.938 bits per heavy atom. The van der Waals surface area contributed by atoms with Crippen LogP contribution in [0.3, 0.4) is 0 Å². The first kappa shape index (κ1) is 18.3. The maximum atomic E-state index is 3.44. The van der Waals surface area contributed by atoms with E-state index >= 15 is 0 Å². The van der Waals surface area contributed by atoms with Gasteiger partial charge < -0.3 is 5.32 Å². The second kappa shape index (κ2) is 13.0. The van der Waals surface area contributed by atoms with Gasteiger partial charge >= 0.3 is 0 Å². The Labute approximate surface area is 104 Å². The molecule has 1 nitrogen and oxygen atoms in total. The van der Waals surface area contributed by atoms with Crippen molar-refractivity contribution in [3.63, 3.8) is 0 Å². The SMILES string of the molecule is CC(C)C.CCCCC(NC)C(CC)CC. The van der Waals surface area contributed by atoms with Gasteiger partial charge in [0.2, 0.25) is 0 Å². The molecule has 0 radical (unpaired) electrons. The lowest BCUT2D eigenvalue weighted by molar-refractivity contribution is 0.328. The van der Waals surface area contributed by atoms with E-state index in [4.69, 9.17) is 0 Å². The summed E-state index contributed by atoms with van der Waals surface area (Å²) in [6, 6.07) is 0.750. The van der Waals surface area contributed by atoms with Gasteiger partial charge in [-0.3, -0.25) is 0 Å². The van der Waals surface area contributed by atoms with E-state index in [2.05, 4.69) is 53.9 Å². The highest BCUT2D eigenvalue weighted by Crippen LogP contribution is 2.17. The minimum Gasteiger partial charge on any atom is -0.317 e. The first-order valence-electron chi connectivity index (χ1n) is 7.20. The lowest BCUT2D eigenvalue weighted by Gasteiger charge is -2.24. The van der Waals surface area contributed by atoms with Gasteiger partial charge in [0, 0.05) is 6.04 Å². The van der Waals surface area contributed by atoms with Gasteiger partial charge in [0.1, 0.15) is 0 Å². The molecule has 100 valence electrons. The second-order valence-corrected chi connectivity index (χ2v) is 5.35. The van der Waals surface area contributed by atoms with Crippen molar-refractivity contribution in [3.05, 3.63) is 0 Å². The molecule has 0 aromatic carbocycles. The lowest BCUT2D eigenvalue weighted by atomic mass is 9.91. The fourth-order valence-corrected chi connectivity index (χ4v) is 1.90. The van der Waals surface area contributed by atoms with Gasteiger partial charge in [0.25, 0.3) is 0 Å². The molecule has 16 heavy (non-hydrogen) atoms. The average Bonchev–Trinajstić information content (AvgIpc) is 2.23. The Bertz CT molecular complexity index is 114. The highest BCUT2D eigenvalue weighted by atomic mass is 14.9. The first-order chi connectivity index (χ1) is 7.53. The number of rotatable bonds is 7. The van der Waals surface area contributed by atoms with E-state index in [1.165, 1.54) is 32.1 Å². The summed E-state index contributed by atoms with van der Waals surface area (Å²) in [4.78, 5) is 0. The number of unbranched alkanes of at least 4 members (excludes halogenated alkanes) is 1. The molecule has 0 rings (SSSR count). The van der Waals surface area contributed by atoms with E-state index in [-0.39, 0.29) is 0 Å². The summed E-state index contributed by atoms with van der Waals surface area (Å²) in [5, 5.41) is 3.44. The van der Waals surface area contributed by atoms with Gasteiger partial charge in [0.15, 0.2) is 0 Å². The summed E-state index contributed by atoms with van der Waals surface area (Å²) in [7, 11) is 2.10. The standard InChI is InChI=1S/C11H25N.C4H10/c1-5-8-9-11(12-4)10(6-2)7-3;1-4(2)3/h10-12H,5-9H2,1-4H3;4H,1-3H3. The van der Waals surface area contributed by atoms with Crippen molar-refractivity contribution in [1.29, 1.82) is 0 Å². The van der Waals surface area contributed by atoms with E-state index < -0.39 is 0 Å². The molecule has 0 saturated heterocycles. The van der Waals surface area contributed by atoms with Crippen molar-refractivity contribution < 1.29 is 0 Å². The molecule has 1 N–H and O–H groups in total. The van der Waals surface area contributed by atoms with Gasteiger partial charge in [-0.1, -0.05) is 67.2 Å². The van der Waals surface area contributed by atoms with E-state index in [0.717, 1.165) is 17.9 Å². The molecule has 0 aliphatic carbocycles. The molecule has 1 atom stereocenters. The first-order valence-corrected chi connectivity index (χ1v) is 7.20. The van der Waals surface area contributed by atoms with Crippen molar-refractivity contribution in [3.8, 4) is 0 Å². The Balaban J connectivity index is 0. The molecule has 0 aliphatic rings. The molecule has 0 saturated carbocycles. The summed E-state index contributed by atoms with van der Waals surface area (Å²) >= 11 is 0. The lowest BCUT2D eigenvalue weighted by Crippen LogP contribution is -2.32. The maximum absolute atomic E-state index is 3.44. The molecular formula is C15H35N. The Morgan fingerprint density at radius 3 is 1.62 bits per heavy atom. The van der Waals surface area contributed by atoms with E-state index in [1.54, 1.807) is 0 Å². The van der Waals surface area contributed by atoms with Gasteiger partial charge in [-0.25, -0.2) is 0 Å². The summed E-state index contributed by atoms with van der Waals surface area (Å²) in [5.74, 6) is 1.71. The fraction of sp³-hybridized carbons (Fsp3) is 1.00. The van der Waals surface area contributed by atoms with Crippen LogP contribution in [0.4, 0.5) is 0 Å². The number of nitrogens with one attached hydrogen (secondary N) is 1. The molecule has 0 amide bonds. The highest BCUT2D eigenvalue weighted by molar-refractivity contribution is 4.72. The van der Waals surface area contributed by atoms with Crippen LogP contribution in [0.5, 0.6) is 0 Å². The molecule has 0 aromatic heterocycles. The van der Waals surface area contributed by atoms with Gasteiger partial charge in [-0.2, -0.15) is 0 Å². The highest BCUT2D eigenvalue weighted by Gasteiger charge is 2.14. The Hall–Kier alpha value is -0.0400. The molecule has 1 unspecified atom stereocenters. The van der Waals surface area contributed by atoms with Crippen LogP contribution in [0.1, 0.15) is 73.6 Å². The quantitative estimate of drug-likeness (QED) is 0.657. The molecular weight excluding hydrogens is 194 g/mol. The monoisotopic (exact) mass is 229 g/mol. The van der Waals surface area contributed by atoms with Crippen molar-refractivity contribution in [2.75, 3.05) is 7.05 Å². The third-order valence-electron chi connectivity index (χ3n) is 2.86. The zero-order valence-electron chi connectivity index (χ0n) is 12.8. The van der Waals surface area contributed by atoms with Gasteiger partial charge in [0.05, 0.1) is 0 Å². The molecule has 0 bridgehead atoms. The Morgan fingerprint density at radius 2 is 1.38 bits per heavy atom. The van der Waals surface area contributed by atoms with E-state index in [0.29, 0.717) is 0 Å². The van der Waals surface area contributed by atoms with Crippen molar-refractivity contribution in [2.24, 2.45) is 11.8 Å². The topological polar surface area (TPSA) is 12.0 Å². The average molecular weight is 229 g/mol. The normalized spacial score (nSPS) is 12.6. The van der Waals surface area contributed by atoms with Crippen LogP contribution in [-0.2, 0) is 0 Å². The molecule has 0 heterocycles. The molecule has 1 heteroatoms. The third-order valence-corrected chi connectivity index (χ3v) is 2.86. The van der Waals surface area contributed by atoms with Crippen LogP contribution in [0.15, 0.2) is 0 Å². The zero-order chi connectivity index (χ0) is 13.0. The summed E-state index contributed by atoms with van der Waals surface area (Å²) in [6.07, 6.45) is 6.65. The second-order valence-electron chi connectivity index (χ2n) is 5.35. The fourth-order valence-electron chi connectivity index (χ4n) is 1.90. The molecule has 0 spiro atoms. The van der Waals surface area contributed by atoms with Crippen LogP contribution in [-0.4, -0.2) is 13.1 Å². The smallest absolute Gasteiger partial charge is 0.00921 e. The van der Waals surface area contributed by atoms with Gasteiger partial charge in [-0.05, 0) is 25.3 Å². The summed E-state index contributed by atoms with van der Waals surface area (Å²) < 4.78 is 0. The Kier molecular flexibility index (Phi) is 14.9. The predicted octanol–water partition coefficient (Wildman–Crippen LogP) is 4.86. The van der Waals surface area contributed by atoms with Crippen LogP contribution in [0.2, 0.25) is 0 Å². The van der Waals surface area contributed by atoms with Gasteiger partial charge in [-0.15, -0.1) is 0 Å². The van der Waals surface area contributed by atoms with E-state index in [1.807, 2.05) is 0 Å². The van der Waals surface area contributed by atoms with Crippen LogP contribution < -0.4 is 5.32 Å². The van der Waals surface area contributed by atoms with Crippen LogP contribution in [0.25, 0.3) is 0 Å². The van der Waals surface area contributed by atoms with Crippen molar-refractivity contribution in [2.45, 2.75) is 79.7 Å². The predicted molar refractivity (Wildman–Crippen MR) is 77.0 cm³/mol. The van der Waals surface area contributed by atoms with Crippen molar-refractivity contribution >= 4 is 0 Å². The third kappa shape index (κ3) is 12.0. The minimum absolute atomic E-state index is 0.750. The van der Waals surface area contributed by atoms with Crippen LogP contribution >= 0.6 is 0 Å². The number of hydrogen-bond donors (Lipinski definition) is 1. The summed E-state index contributed by atoms with van der Waals surface area (Å²) in [5.41, 5.74) is 0. The minimum atomic E-state index is 0.750. The van der Waals surface area contributed by atoms with Crippen molar-refractivity contribution in [1.82, 2.24) is 5.32 Å². The molecule has 0 aliphatic heterocycles. The number of hydrogen-bond acceptors (Lipinski definition) is 1. The molecule has 0 aromatic rings. The largest absolute Gasteiger partial charge is 0.317 e. The summed E-state index contributed by atoms with van der Waals surface area (Å²) in [6.45, 7) is 13.4.